The zero-order chi connectivity index (χ0) is 13.4. The lowest BCUT2D eigenvalue weighted by atomic mass is 9.59. The van der Waals surface area contributed by atoms with E-state index in [2.05, 4.69) is 19.7 Å². The predicted octanol–water partition coefficient (Wildman–Crippen LogP) is 1.66. The van der Waals surface area contributed by atoms with Gasteiger partial charge in [-0.25, -0.2) is 0 Å². The summed E-state index contributed by atoms with van der Waals surface area (Å²) in [5.74, 6) is 0. The Morgan fingerprint density at radius 3 is 1.12 bits per heavy atom. The fourth-order valence-corrected chi connectivity index (χ4v) is 2.38. The molecule has 0 unspecified atom stereocenters. The molecule has 3 heteroatoms. The lowest BCUT2D eigenvalue weighted by Crippen LogP contribution is -2.50. The monoisotopic (exact) mass is 240 g/mol. The predicted molar refractivity (Wildman–Crippen MR) is 70.6 cm³/mol. The molecule has 0 aromatic carbocycles. The molecule has 0 rings (SSSR count). The van der Waals surface area contributed by atoms with Crippen molar-refractivity contribution in [2.45, 2.75) is 19.3 Å². The second-order valence-electron chi connectivity index (χ2n) is 4.51. The van der Waals surface area contributed by atoms with Crippen LogP contribution in [0.15, 0.2) is 38.0 Å². The molecule has 0 atom stereocenters. The van der Waals surface area contributed by atoms with Gasteiger partial charge in [0.05, 0.1) is 19.8 Å². The van der Waals surface area contributed by atoms with Gasteiger partial charge in [-0.3, -0.25) is 0 Å². The van der Waals surface area contributed by atoms with E-state index in [1.165, 1.54) is 0 Å². The van der Waals surface area contributed by atoms with Gasteiger partial charge in [-0.1, -0.05) is 18.2 Å². The molecule has 3 nitrogen and oxygen atoms in total. The van der Waals surface area contributed by atoms with Crippen LogP contribution < -0.4 is 0 Å². The van der Waals surface area contributed by atoms with E-state index in [1.54, 1.807) is 18.2 Å². The fraction of sp³-hybridized carbons (Fsp3) is 0.571. The number of hydrogen-bond donors (Lipinski definition) is 3. The molecule has 0 saturated heterocycles. The van der Waals surface area contributed by atoms with E-state index in [0.717, 1.165) is 0 Å². The maximum Gasteiger partial charge on any atom is 0.0537 e. The van der Waals surface area contributed by atoms with Gasteiger partial charge in [0.25, 0.3) is 0 Å². The van der Waals surface area contributed by atoms with Crippen LogP contribution >= 0.6 is 0 Å². The van der Waals surface area contributed by atoms with Gasteiger partial charge in [0, 0.05) is 5.41 Å². The summed E-state index contributed by atoms with van der Waals surface area (Å²) in [6.45, 7) is 10.3. The molecule has 0 spiro atoms. The molecule has 0 saturated carbocycles. The Balaban J connectivity index is 5.54. The summed E-state index contributed by atoms with van der Waals surface area (Å²) in [5.41, 5.74) is -1.44. The molecular weight excluding hydrogens is 216 g/mol. The minimum absolute atomic E-state index is 0.282. The second-order valence-corrected chi connectivity index (χ2v) is 4.51. The third-order valence-corrected chi connectivity index (χ3v) is 3.64. The van der Waals surface area contributed by atoms with Crippen molar-refractivity contribution < 1.29 is 15.3 Å². The van der Waals surface area contributed by atoms with Crippen molar-refractivity contribution in [3.05, 3.63) is 38.0 Å². The molecule has 0 heterocycles. The van der Waals surface area contributed by atoms with Gasteiger partial charge in [-0.05, 0) is 24.7 Å². The first-order valence-corrected chi connectivity index (χ1v) is 5.77. The van der Waals surface area contributed by atoms with Crippen molar-refractivity contribution in [2.75, 3.05) is 19.8 Å². The van der Waals surface area contributed by atoms with E-state index in [0.29, 0.717) is 19.3 Å². The maximum absolute atomic E-state index is 9.57. The van der Waals surface area contributed by atoms with Crippen LogP contribution in [-0.4, -0.2) is 35.1 Å². The van der Waals surface area contributed by atoms with Crippen LogP contribution in [0, 0.1) is 10.8 Å². The van der Waals surface area contributed by atoms with Crippen molar-refractivity contribution in [3.63, 3.8) is 0 Å². The average molecular weight is 240 g/mol. The first-order chi connectivity index (χ1) is 8.11. The van der Waals surface area contributed by atoms with Crippen molar-refractivity contribution in [1.29, 1.82) is 0 Å². The lowest BCUT2D eigenvalue weighted by molar-refractivity contribution is -0.0912. The summed E-state index contributed by atoms with van der Waals surface area (Å²) in [4.78, 5) is 0. The SMILES string of the molecule is C=CCC(CC=C)(CC=C)C(CO)(CO)CO. The van der Waals surface area contributed by atoms with Gasteiger partial charge in [-0.2, -0.15) is 0 Å². The van der Waals surface area contributed by atoms with Gasteiger partial charge in [0.2, 0.25) is 0 Å². The molecule has 0 amide bonds. The maximum atomic E-state index is 9.57. The molecule has 0 aromatic heterocycles. The second kappa shape index (κ2) is 7.43. The van der Waals surface area contributed by atoms with Crippen molar-refractivity contribution in [2.24, 2.45) is 10.8 Å². The normalized spacial score (nSPS) is 12.2. The first kappa shape index (κ1) is 16.1. The summed E-state index contributed by atoms with van der Waals surface area (Å²) < 4.78 is 0. The molecule has 98 valence electrons. The minimum atomic E-state index is -0.955. The van der Waals surface area contributed by atoms with Crippen LogP contribution in [0.3, 0.4) is 0 Å². The lowest BCUT2D eigenvalue weighted by Gasteiger charge is -2.47. The van der Waals surface area contributed by atoms with Crippen LogP contribution in [0.25, 0.3) is 0 Å². The third kappa shape index (κ3) is 3.06. The van der Waals surface area contributed by atoms with Crippen LogP contribution in [0.4, 0.5) is 0 Å². The van der Waals surface area contributed by atoms with Gasteiger partial charge in [0.1, 0.15) is 0 Å². The molecule has 0 aliphatic heterocycles. The Labute approximate surface area is 104 Å². The highest BCUT2D eigenvalue weighted by atomic mass is 16.3. The van der Waals surface area contributed by atoms with Gasteiger partial charge in [-0.15, -0.1) is 19.7 Å². The Kier molecular flexibility index (Phi) is 7.04. The van der Waals surface area contributed by atoms with Crippen LogP contribution in [0.1, 0.15) is 19.3 Å². The highest BCUT2D eigenvalue weighted by molar-refractivity contribution is 5.06. The summed E-state index contributed by atoms with van der Waals surface area (Å²) in [6.07, 6.45) is 6.94. The van der Waals surface area contributed by atoms with Gasteiger partial charge in [0.15, 0.2) is 0 Å². The topological polar surface area (TPSA) is 60.7 Å². The molecule has 3 N–H and O–H groups in total. The quantitative estimate of drug-likeness (QED) is 0.509. The van der Waals surface area contributed by atoms with E-state index in [4.69, 9.17) is 0 Å². The zero-order valence-electron chi connectivity index (χ0n) is 10.4. The third-order valence-electron chi connectivity index (χ3n) is 3.64. The number of rotatable bonds is 10. The van der Waals surface area contributed by atoms with Crippen LogP contribution in [0.5, 0.6) is 0 Å². The standard InChI is InChI=1S/C14H24O3/c1-4-7-13(8-5-2,9-6-3)14(10-15,11-16)12-17/h4-6,15-17H,1-3,7-12H2. The number of aliphatic hydroxyl groups is 3. The Bertz CT molecular complexity index is 219. The summed E-state index contributed by atoms with van der Waals surface area (Å²) in [5, 5.41) is 28.7. The number of hydrogen-bond acceptors (Lipinski definition) is 3. The highest BCUT2D eigenvalue weighted by Crippen LogP contribution is 2.48. The van der Waals surface area contributed by atoms with Crippen molar-refractivity contribution >= 4 is 0 Å². The fourth-order valence-electron chi connectivity index (χ4n) is 2.38. The Morgan fingerprint density at radius 1 is 0.647 bits per heavy atom. The van der Waals surface area contributed by atoms with Crippen LogP contribution in [-0.2, 0) is 0 Å². The molecule has 0 aromatic rings. The van der Waals surface area contributed by atoms with E-state index in [-0.39, 0.29) is 19.8 Å². The minimum Gasteiger partial charge on any atom is -0.396 e. The van der Waals surface area contributed by atoms with Crippen molar-refractivity contribution in [1.82, 2.24) is 0 Å². The highest BCUT2D eigenvalue weighted by Gasteiger charge is 2.48. The molecule has 0 radical (unpaired) electrons. The summed E-state index contributed by atoms with van der Waals surface area (Å²) in [6, 6.07) is 0. The molecule has 17 heavy (non-hydrogen) atoms. The van der Waals surface area contributed by atoms with E-state index < -0.39 is 10.8 Å². The molecular formula is C14H24O3. The zero-order valence-corrected chi connectivity index (χ0v) is 10.4. The summed E-state index contributed by atoms with van der Waals surface area (Å²) in [7, 11) is 0. The van der Waals surface area contributed by atoms with Gasteiger partial charge < -0.3 is 15.3 Å². The number of aliphatic hydroxyl groups excluding tert-OH is 3. The molecule has 0 bridgehead atoms. The first-order valence-electron chi connectivity index (χ1n) is 5.77. The van der Waals surface area contributed by atoms with E-state index in [9.17, 15) is 15.3 Å². The van der Waals surface area contributed by atoms with E-state index >= 15 is 0 Å². The van der Waals surface area contributed by atoms with E-state index in [1.807, 2.05) is 0 Å². The molecule has 0 fully saturated rings. The average Bonchev–Trinajstić information content (AvgIpc) is 2.33. The Hall–Kier alpha value is -0.900. The Morgan fingerprint density at radius 2 is 0.941 bits per heavy atom. The largest absolute Gasteiger partial charge is 0.396 e. The molecule has 0 aliphatic rings. The summed E-state index contributed by atoms with van der Waals surface area (Å²) >= 11 is 0. The van der Waals surface area contributed by atoms with Crippen LogP contribution in [0.2, 0.25) is 0 Å². The van der Waals surface area contributed by atoms with Gasteiger partial charge >= 0.3 is 0 Å². The smallest absolute Gasteiger partial charge is 0.0537 e. The number of allylic oxidation sites excluding steroid dienone is 3. The molecule has 0 aliphatic carbocycles. The van der Waals surface area contributed by atoms with Crippen molar-refractivity contribution in [3.8, 4) is 0 Å².